The van der Waals surface area contributed by atoms with E-state index in [0.717, 1.165) is 0 Å². The molecule has 0 bridgehead atoms. The van der Waals surface area contributed by atoms with Gasteiger partial charge in [0, 0.05) is 25.7 Å². The third-order valence-corrected chi connectivity index (χ3v) is 5.59. The van der Waals surface area contributed by atoms with Crippen molar-refractivity contribution in [3.8, 4) is 0 Å². The second kappa shape index (κ2) is 2.96. The van der Waals surface area contributed by atoms with Gasteiger partial charge in [0.1, 0.15) is 0 Å². The van der Waals surface area contributed by atoms with Gasteiger partial charge in [-0.05, 0) is 42.3 Å². The van der Waals surface area contributed by atoms with Crippen LogP contribution in [0.15, 0.2) is 10.0 Å². The summed E-state index contributed by atoms with van der Waals surface area (Å²) in [5.41, 5.74) is 4.47. The van der Waals surface area contributed by atoms with Crippen LogP contribution < -0.4 is 0 Å². The van der Waals surface area contributed by atoms with Crippen LogP contribution in [0.3, 0.4) is 0 Å². The fourth-order valence-electron chi connectivity index (χ4n) is 1.92. The van der Waals surface area contributed by atoms with Crippen molar-refractivity contribution in [3.63, 3.8) is 0 Å². The van der Waals surface area contributed by atoms with Crippen LogP contribution in [0.1, 0.15) is 42.0 Å². The van der Waals surface area contributed by atoms with Crippen LogP contribution >= 0.6 is 27.3 Å². The van der Waals surface area contributed by atoms with Crippen molar-refractivity contribution < 1.29 is 0 Å². The number of fused-ring (bicyclic) bond motifs is 1. The van der Waals surface area contributed by atoms with Gasteiger partial charge in [-0.2, -0.15) is 0 Å². The Morgan fingerprint density at radius 1 is 1.23 bits per heavy atom. The molecule has 0 fully saturated rings. The lowest BCUT2D eigenvalue weighted by Crippen LogP contribution is -1.85. The lowest BCUT2D eigenvalue weighted by molar-refractivity contribution is 0.942. The maximum atomic E-state index is 3.67. The number of halogens is 1. The first-order chi connectivity index (χ1) is 6.04. The maximum Gasteiger partial charge on any atom is 0.0389 e. The van der Waals surface area contributed by atoms with Gasteiger partial charge in [0.2, 0.25) is 0 Å². The van der Waals surface area contributed by atoms with Crippen LogP contribution in [0.2, 0.25) is 0 Å². The van der Waals surface area contributed by atoms with Crippen molar-refractivity contribution in [2.75, 3.05) is 0 Å². The number of rotatable bonds is 0. The predicted molar refractivity (Wildman–Crippen MR) is 63.4 cm³/mol. The van der Waals surface area contributed by atoms with Crippen molar-refractivity contribution in [1.82, 2.24) is 0 Å². The molecule has 1 unspecified atom stereocenters. The van der Waals surface area contributed by atoms with E-state index in [2.05, 4.69) is 43.6 Å². The molecule has 0 spiro atoms. The minimum absolute atomic E-state index is 0.630. The largest absolute Gasteiger partial charge is 0.143 e. The zero-order valence-corrected chi connectivity index (χ0v) is 10.8. The number of hydrogen-bond donors (Lipinski definition) is 0. The fourth-order valence-corrected chi connectivity index (χ4v) is 4.04. The normalized spacial score (nSPS) is 21.2. The Bertz CT molecular complexity index is 398. The standard InChI is InChI=1S/C11H13BrS/c1-5-6(2)9-10(12)8(4)13-11(9)7(5)3/h7H,1-4H3. The molecule has 1 aromatic rings. The van der Waals surface area contributed by atoms with E-state index in [4.69, 9.17) is 0 Å². The summed E-state index contributed by atoms with van der Waals surface area (Å²) in [5, 5.41) is 0. The Labute approximate surface area is 91.8 Å². The molecule has 1 atom stereocenters. The first kappa shape index (κ1) is 9.47. The summed E-state index contributed by atoms with van der Waals surface area (Å²) in [6.07, 6.45) is 0. The van der Waals surface area contributed by atoms with Crippen LogP contribution in [0, 0.1) is 6.92 Å². The molecule has 1 aromatic heterocycles. The molecule has 0 N–H and O–H groups in total. The highest BCUT2D eigenvalue weighted by Gasteiger charge is 2.28. The molecular formula is C11H13BrS. The molecule has 0 amide bonds. The van der Waals surface area contributed by atoms with Gasteiger partial charge in [0.15, 0.2) is 0 Å². The summed E-state index contributed by atoms with van der Waals surface area (Å²) in [6.45, 7) is 8.96. The molecule has 0 saturated carbocycles. The molecule has 1 aliphatic carbocycles. The highest BCUT2D eigenvalue weighted by Crippen LogP contribution is 2.49. The molecule has 1 aliphatic rings. The van der Waals surface area contributed by atoms with Gasteiger partial charge in [0.05, 0.1) is 0 Å². The molecule has 0 nitrogen and oxygen atoms in total. The first-order valence-electron chi connectivity index (χ1n) is 4.50. The van der Waals surface area contributed by atoms with Gasteiger partial charge in [-0.15, -0.1) is 11.3 Å². The quantitative estimate of drug-likeness (QED) is 0.630. The van der Waals surface area contributed by atoms with Gasteiger partial charge in [0.25, 0.3) is 0 Å². The SMILES string of the molecule is CC1=C(C)C(C)c2sc(C)c(Br)c21. The molecule has 0 saturated heterocycles. The average Bonchev–Trinajstić information content (AvgIpc) is 2.48. The summed E-state index contributed by atoms with van der Waals surface area (Å²) in [6, 6.07) is 0. The van der Waals surface area contributed by atoms with Crippen LogP contribution in [-0.2, 0) is 0 Å². The minimum Gasteiger partial charge on any atom is -0.143 e. The van der Waals surface area contributed by atoms with E-state index in [9.17, 15) is 0 Å². The van der Waals surface area contributed by atoms with Crippen LogP contribution in [-0.4, -0.2) is 0 Å². The van der Waals surface area contributed by atoms with Gasteiger partial charge < -0.3 is 0 Å². The molecule has 0 aliphatic heterocycles. The molecule has 1 heterocycles. The summed E-state index contributed by atoms with van der Waals surface area (Å²) in [4.78, 5) is 2.95. The molecule has 13 heavy (non-hydrogen) atoms. The van der Waals surface area contributed by atoms with E-state index >= 15 is 0 Å². The zero-order chi connectivity index (χ0) is 9.75. The van der Waals surface area contributed by atoms with E-state index in [1.807, 2.05) is 11.3 Å². The number of allylic oxidation sites excluding steroid dienone is 2. The summed E-state index contributed by atoms with van der Waals surface area (Å²) >= 11 is 5.60. The molecule has 2 heteroatoms. The Morgan fingerprint density at radius 3 is 2.38 bits per heavy atom. The van der Waals surface area contributed by atoms with Crippen LogP contribution in [0.25, 0.3) is 5.57 Å². The van der Waals surface area contributed by atoms with Gasteiger partial charge in [-0.1, -0.05) is 12.5 Å². The van der Waals surface area contributed by atoms with Crippen molar-refractivity contribution in [2.45, 2.75) is 33.6 Å². The number of thiophene rings is 1. The lowest BCUT2D eigenvalue weighted by atomic mass is 10.1. The lowest BCUT2D eigenvalue weighted by Gasteiger charge is -2.03. The van der Waals surface area contributed by atoms with E-state index in [1.54, 1.807) is 4.88 Å². The third kappa shape index (κ3) is 1.15. The molecule has 70 valence electrons. The van der Waals surface area contributed by atoms with E-state index in [1.165, 1.54) is 26.1 Å². The van der Waals surface area contributed by atoms with Crippen molar-refractivity contribution >= 4 is 32.8 Å². The molecule has 0 aromatic carbocycles. The molecule has 2 rings (SSSR count). The van der Waals surface area contributed by atoms with E-state index in [-0.39, 0.29) is 0 Å². The monoisotopic (exact) mass is 256 g/mol. The van der Waals surface area contributed by atoms with Crippen molar-refractivity contribution in [2.24, 2.45) is 0 Å². The second-order valence-electron chi connectivity index (χ2n) is 3.74. The smallest absolute Gasteiger partial charge is 0.0389 e. The van der Waals surface area contributed by atoms with Crippen molar-refractivity contribution in [1.29, 1.82) is 0 Å². The van der Waals surface area contributed by atoms with E-state index in [0.29, 0.717) is 5.92 Å². The van der Waals surface area contributed by atoms with Gasteiger partial charge in [-0.3, -0.25) is 0 Å². The van der Waals surface area contributed by atoms with Crippen molar-refractivity contribution in [3.05, 3.63) is 25.4 Å². The maximum absolute atomic E-state index is 3.67. The van der Waals surface area contributed by atoms with E-state index < -0.39 is 0 Å². The average molecular weight is 257 g/mol. The topological polar surface area (TPSA) is 0 Å². The zero-order valence-electron chi connectivity index (χ0n) is 8.36. The minimum atomic E-state index is 0.630. The molecular weight excluding hydrogens is 244 g/mol. The molecule has 0 radical (unpaired) electrons. The Balaban J connectivity index is 2.71. The Kier molecular flexibility index (Phi) is 2.16. The summed E-state index contributed by atoms with van der Waals surface area (Å²) in [5.74, 6) is 0.630. The third-order valence-electron chi connectivity index (χ3n) is 3.05. The second-order valence-corrected chi connectivity index (χ2v) is 5.79. The Morgan fingerprint density at radius 2 is 1.85 bits per heavy atom. The number of hydrogen-bond acceptors (Lipinski definition) is 1. The van der Waals surface area contributed by atoms with Crippen LogP contribution in [0.5, 0.6) is 0 Å². The summed E-state index contributed by atoms with van der Waals surface area (Å²) < 4.78 is 1.31. The summed E-state index contributed by atoms with van der Waals surface area (Å²) in [7, 11) is 0. The van der Waals surface area contributed by atoms with Gasteiger partial charge >= 0.3 is 0 Å². The Hall–Kier alpha value is -0.0800. The van der Waals surface area contributed by atoms with Gasteiger partial charge in [-0.25, -0.2) is 0 Å². The highest BCUT2D eigenvalue weighted by molar-refractivity contribution is 9.10. The predicted octanol–water partition coefficient (Wildman–Crippen LogP) is 4.73. The first-order valence-corrected chi connectivity index (χ1v) is 6.11. The highest BCUT2D eigenvalue weighted by atomic mass is 79.9. The van der Waals surface area contributed by atoms with Crippen LogP contribution in [0.4, 0.5) is 0 Å². The number of aryl methyl sites for hydroxylation is 1. The fraction of sp³-hybridized carbons (Fsp3) is 0.455.